The van der Waals surface area contributed by atoms with Crippen molar-refractivity contribution in [1.82, 2.24) is 24.7 Å². The van der Waals surface area contributed by atoms with E-state index in [4.69, 9.17) is 0 Å². The minimum atomic E-state index is -0.271. The van der Waals surface area contributed by atoms with Crippen LogP contribution in [0.2, 0.25) is 0 Å². The normalized spacial score (nSPS) is 11.5. The summed E-state index contributed by atoms with van der Waals surface area (Å²) in [6.45, 7) is 1.91. The fraction of sp³-hybridized carbons (Fsp3) is 0.0714. The highest BCUT2D eigenvalue weighted by Gasteiger charge is 2.15. The first-order valence-electron chi connectivity index (χ1n) is 6.16. The summed E-state index contributed by atoms with van der Waals surface area (Å²) in [6, 6.07) is 4.71. The SMILES string of the molecule is Cc1ncncc1-n1c2ccc(F)cc2c2[nH]ncc21. The van der Waals surface area contributed by atoms with Gasteiger partial charge in [0.2, 0.25) is 0 Å². The van der Waals surface area contributed by atoms with Gasteiger partial charge < -0.3 is 4.57 Å². The molecule has 6 heteroatoms. The van der Waals surface area contributed by atoms with E-state index in [0.717, 1.165) is 33.3 Å². The van der Waals surface area contributed by atoms with Crippen LogP contribution in [-0.2, 0) is 0 Å². The molecule has 20 heavy (non-hydrogen) atoms. The van der Waals surface area contributed by atoms with Gasteiger partial charge in [0.15, 0.2) is 0 Å². The molecule has 5 nitrogen and oxygen atoms in total. The van der Waals surface area contributed by atoms with E-state index in [0.29, 0.717) is 0 Å². The summed E-state index contributed by atoms with van der Waals surface area (Å²) in [6.07, 6.45) is 4.98. The lowest BCUT2D eigenvalue weighted by atomic mass is 10.2. The van der Waals surface area contributed by atoms with Crippen molar-refractivity contribution in [1.29, 1.82) is 0 Å². The summed E-state index contributed by atoms with van der Waals surface area (Å²) in [5.41, 5.74) is 4.30. The van der Waals surface area contributed by atoms with Crippen molar-refractivity contribution in [2.75, 3.05) is 0 Å². The quantitative estimate of drug-likeness (QED) is 0.577. The number of rotatable bonds is 1. The number of benzene rings is 1. The van der Waals surface area contributed by atoms with Crippen LogP contribution in [0.3, 0.4) is 0 Å². The molecule has 0 aliphatic carbocycles. The molecule has 0 radical (unpaired) electrons. The number of nitrogens with zero attached hydrogens (tertiary/aromatic N) is 4. The largest absolute Gasteiger partial charge is 0.303 e. The summed E-state index contributed by atoms with van der Waals surface area (Å²) < 4.78 is 15.5. The molecule has 0 atom stereocenters. The fourth-order valence-corrected chi connectivity index (χ4v) is 2.54. The van der Waals surface area contributed by atoms with Gasteiger partial charge in [-0.05, 0) is 25.1 Å². The molecular weight excluding hydrogens is 257 g/mol. The maximum atomic E-state index is 13.5. The van der Waals surface area contributed by atoms with E-state index in [9.17, 15) is 4.39 Å². The Morgan fingerprint density at radius 1 is 1.20 bits per heavy atom. The first kappa shape index (κ1) is 11.1. The van der Waals surface area contributed by atoms with Gasteiger partial charge in [-0.1, -0.05) is 0 Å². The number of halogens is 1. The third-order valence-electron chi connectivity index (χ3n) is 3.46. The van der Waals surface area contributed by atoms with Crippen LogP contribution in [-0.4, -0.2) is 24.7 Å². The van der Waals surface area contributed by atoms with Crippen LogP contribution in [0.25, 0.3) is 27.6 Å². The fourth-order valence-electron chi connectivity index (χ4n) is 2.54. The second-order valence-electron chi connectivity index (χ2n) is 4.62. The van der Waals surface area contributed by atoms with Gasteiger partial charge in [0, 0.05) is 5.39 Å². The minimum absolute atomic E-state index is 0.271. The number of nitrogens with one attached hydrogen (secondary N) is 1. The number of H-pyrrole nitrogens is 1. The Balaban J connectivity index is 2.21. The van der Waals surface area contributed by atoms with E-state index < -0.39 is 0 Å². The third kappa shape index (κ3) is 1.38. The Labute approximate surface area is 113 Å². The second-order valence-corrected chi connectivity index (χ2v) is 4.62. The van der Waals surface area contributed by atoms with Crippen molar-refractivity contribution in [3.8, 4) is 5.69 Å². The number of aryl methyl sites for hydroxylation is 1. The molecule has 0 bridgehead atoms. The summed E-state index contributed by atoms with van der Waals surface area (Å²) in [4.78, 5) is 8.29. The molecule has 4 rings (SSSR count). The van der Waals surface area contributed by atoms with Gasteiger partial charge in [-0.25, -0.2) is 14.4 Å². The summed E-state index contributed by atoms with van der Waals surface area (Å²) in [7, 11) is 0. The molecule has 0 aliphatic rings. The Morgan fingerprint density at radius 2 is 2.10 bits per heavy atom. The maximum Gasteiger partial charge on any atom is 0.124 e. The molecule has 0 saturated carbocycles. The van der Waals surface area contributed by atoms with Gasteiger partial charge in [0.05, 0.1) is 40.3 Å². The summed E-state index contributed by atoms with van der Waals surface area (Å²) >= 11 is 0. The predicted octanol–water partition coefficient (Wildman–Crippen LogP) is 2.74. The molecule has 0 saturated heterocycles. The number of hydrogen-bond acceptors (Lipinski definition) is 3. The highest BCUT2D eigenvalue weighted by atomic mass is 19.1. The Morgan fingerprint density at radius 3 is 2.95 bits per heavy atom. The first-order valence-corrected chi connectivity index (χ1v) is 6.16. The van der Waals surface area contributed by atoms with Gasteiger partial charge in [-0.15, -0.1) is 0 Å². The van der Waals surface area contributed by atoms with Crippen LogP contribution in [0.1, 0.15) is 5.69 Å². The third-order valence-corrected chi connectivity index (χ3v) is 3.46. The van der Waals surface area contributed by atoms with E-state index in [1.54, 1.807) is 18.5 Å². The molecular formula is C14H10FN5. The highest BCUT2D eigenvalue weighted by Crippen LogP contribution is 2.31. The lowest BCUT2D eigenvalue weighted by Gasteiger charge is -2.08. The maximum absolute atomic E-state index is 13.5. The molecule has 3 heterocycles. The molecule has 0 unspecified atom stereocenters. The molecule has 3 aromatic heterocycles. The minimum Gasteiger partial charge on any atom is -0.303 e. The van der Waals surface area contributed by atoms with E-state index >= 15 is 0 Å². The Bertz CT molecular complexity index is 937. The van der Waals surface area contributed by atoms with Gasteiger partial charge in [-0.3, -0.25) is 5.10 Å². The molecule has 1 aromatic carbocycles. The molecule has 0 fully saturated rings. The van der Waals surface area contributed by atoms with Crippen molar-refractivity contribution in [3.05, 3.63) is 48.4 Å². The van der Waals surface area contributed by atoms with Gasteiger partial charge in [0.1, 0.15) is 12.1 Å². The predicted molar refractivity (Wildman–Crippen MR) is 73.2 cm³/mol. The van der Waals surface area contributed by atoms with Crippen molar-refractivity contribution < 1.29 is 4.39 Å². The number of aromatic amines is 1. The van der Waals surface area contributed by atoms with E-state index in [-0.39, 0.29) is 5.82 Å². The number of aromatic nitrogens is 5. The molecule has 0 amide bonds. The van der Waals surface area contributed by atoms with E-state index in [2.05, 4.69) is 20.2 Å². The van der Waals surface area contributed by atoms with Crippen LogP contribution < -0.4 is 0 Å². The molecule has 0 aliphatic heterocycles. The second kappa shape index (κ2) is 3.86. The molecule has 4 aromatic rings. The Hall–Kier alpha value is -2.76. The smallest absolute Gasteiger partial charge is 0.124 e. The lowest BCUT2D eigenvalue weighted by Crippen LogP contribution is -1.99. The lowest BCUT2D eigenvalue weighted by molar-refractivity contribution is 0.629. The van der Waals surface area contributed by atoms with Crippen LogP contribution in [0.4, 0.5) is 4.39 Å². The number of hydrogen-bond donors (Lipinski definition) is 1. The molecule has 0 spiro atoms. The molecule has 98 valence electrons. The number of fused-ring (bicyclic) bond motifs is 3. The van der Waals surface area contributed by atoms with Crippen LogP contribution in [0.15, 0.2) is 36.9 Å². The van der Waals surface area contributed by atoms with E-state index in [1.165, 1.54) is 18.5 Å². The van der Waals surface area contributed by atoms with Gasteiger partial charge in [0.25, 0.3) is 0 Å². The summed E-state index contributed by atoms with van der Waals surface area (Å²) in [5.74, 6) is -0.271. The first-order chi connectivity index (χ1) is 9.75. The van der Waals surface area contributed by atoms with Crippen LogP contribution in [0.5, 0.6) is 0 Å². The van der Waals surface area contributed by atoms with E-state index in [1.807, 2.05) is 11.5 Å². The van der Waals surface area contributed by atoms with Crippen molar-refractivity contribution >= 4 is 21.9 Å². The zero-order valence-electron chi connectivity index (χ0n) is 10.6. The highest BCUT2D eigenvalue weighted by molar-refractivity contribution is 6.06. The monoisotopic (exact) mass is 267 g/mol. The topological polar surface area (TPSA) is 59.4 Å². The van der Waals surface area contributed by atoms with Crippen molar-refractivity contribution in [2.24, 2.45) is 0 Å². The average molecular weight is 267 g/mol. The zero-order chi connectivity index (χ0) is 13.7. The Kier molecular flexibility index (Phi) is 2.14. The summed E-state index contributed by atoms with van der Waals surface area (Å²) in [5, 5.41) is 7.76. The van der Waals surface area contributed by atoms with Gasteiger partial charge in [-0.2, -0.15) is 5.10 Å². The average Bonchev–Trinajstić information content (AvgIpc) is 3.00. The van der Waals surface area contributed by atoms with Crippen LogP contribution >= 0.6 is 0 Å². The zero-order valence-corrected chi connectivity index (χ0v) is 10.6. The van der Waals surface area contributed by atoms with Crippen molar-refractivity contribution in [3.63, 3.8) is 0 Å². The van der Waals surface area contributed by atoms with Gasteiger partial charge >= 0.3 is 0 Å². The molecule has 1 N–H and O–H groups in total. The van der Waals surface area contributed by atoms with Crippen LogP contribution in [0, 0.1) is 12.7 Å². The standard InChI is InChI=1S/C14H10FN5/c1-8-12(5-16-7-17-8)20-11-3-2-9(15)4-10(11)14-13(20)6-18-19-14/h2-7H,1H3,(H,18,19). The van der Waals surface area contributed by atoms with Crippen molar-refractivity contribution in [2.45, 2.75) is 6.92 Å².